The summed E-state index contributed by atoms with van der Waals surface area (Å²) in [5.41, 5.74) is 2.64. The summed E-state index contributed by atoms with van der Waals surface area (Å²) in [6.07, 6.45) is 2.65. The molecule has 0 aromatic heterocycles. The summed E-state index contributed by atoms with van der Waals surface area (Å²) in [5.74, 6) is 0.708. The van der Waals surface area contributed by atoms with Crippen molar-refractivity contribution in [3.63, 3.8) is 0 Å². The molecule has 1 atom stereocenters. The van der Waals surface area contributed by atoms with Crippen LogP contribution < -0.4 is 5.32 Å². The lowest BCUT2D eigenvalue weighted by molar-refractivity contribution is 0.185. The second kappa shape index (κ2) is 8.52. The fourth-order valence-electron chi connectivity index (χ4n) is 3.11. The highest BCUT2D eigenvalue weighted by atomic mass is 16.5. The Kier molecular flexibility index (Phi) is 6.68. The third-order valence-corrected chi connectivity index (χ3v) is 4.00. The van der Waals surface area contributed by atoms with E-state index < -0.39 is 0 Å². The van der Waals surface area contributed by atoms with Crippen LogP contribution in [0, 0.1) is 5.92 Å². The molecule has 3 nitrogen and oxygen atoms in total. The van der Waals surface area contributed by atoms with E-state index in [1.54, 1.807) is 7.11 Å². The molecule has 21 heavy (non-hydrogen) atoms. The van der Waals surface area contributed by atoms with Crippen molar-refractivity contribution in [3.05, 3.63) is 35.4 Å². The molecule has 0 saturated carbocycles. The van der Waals surface area contributed by atoms with E-state index in [1.807, 2.05) is 0 Å². The van der Waals surface area contributed by atoms with E-state index in [-0.39, 0.29) is 0 Å². The zero-order valence-electron chi connectivity index (χ0n) is 13.8. The lowest BCUT2D eigenvalue weighted by Crippen LogP contribution is -2.38. The Bertz CT molecular complexity index is 396. The molecule has 1 fully saturated rings. The molecule has 0 bridgehead atoms. The van der Waals surface area contributed by atoms with Crippen LogP contribution in [0.15, 0.2) is 24.3 Å². The Balaban J connectivity index is 1.92. The van der Waals surface area contributed by atoms with E-state index in [0.29, 0.717) is 18.6 Å². The molecule has 1 aromatic carbocycles. The Morgan fingerprint density at radius 1 is 1.24 bits per heavy atom. The number of hydrogen-bond donors (Lipinski definition) is 1. The highest BCUT2D eigenvalue weighted by Crippen LogP contribution is 2.13. The van der Waals surface area contributed by atoms with Gasteiger partial charge in [-0.3, -0.25) is 4.90 Å². The fourth-order valence-corrected chi connectivity index (χ4v) is 3.11. The van der Waals surface area contributed by atoms with Gasteiger partial charge in [-0.05, 0) is 36.4 Å². The van der Waals surface area contributed by atoms with Crippen LogP contribution in [0.2, 0.25) is 0 Å². The maximum Gasteiger partial charge on any atom is 0.0713 e. The molecule has 1 aromatic rings. The summed E-state index contributed by atoms with van der Waals surface area (Å²) in [6.45, 7) is 9.86. The van der Waals surface area contributed by atoms with Crippen LogP contribution >= 0.6 is 0 Å². The predicted molar refractivity (Wildman–Crippen MR) is 88.3 cm³/mol. The Morgan fingerprint density at radius 2 is 1.95 bits per heavy atom. The molecule has 1 saturated heterocycles. The van der Waals surface area contributed by atoms with E-state index in [9.17, 15) is 0 Å². The van der Waals surface area contributed by atoms with E-state index in [2.05, 4.69) is 48.3 Å². The van der Waals surface area contributed by atoms with Crippen LogP contribution in [0.5, 0.6) is 0 Å². The van der Waals surface area contributed by atoms with Gasteiger partial charge in [0.15, 0.2) is 0 Å². The maximum atomic E-state index is 5.17. The van der Waals surface area contributed by atoms with Gasteiger partial charge in [0.05, 0.1) is 6.61 Å². The van der Waals surface area contributed by atoms with Gasteiger partial charge in [-0.15, -0.1) is 0 Å². The van der Waals surface area contributed by atoms with E-state index in [0.717, 1.165) is 19.6 Å². The molecule has 0 amide bonds. The van der Waals surface area contributed by atoms with Gasteiger partial charge in [0.1, 0.15) is 0 Å². The van der Waals surface area contributed by atoms with Crippen molar-refractivity contribution in [1.82, 2.24) is 10.2 Å². The first-order valence-corrected chi connectivity index (χ1v) is 8.20. The zero-order chi connectivity index (χ0) is 15.1. The number of methoxy groups -OCH3 is 1. The van der Waals surface area contributed by atoms with Gasteiger partial charge >= 0.3 is 0 Å². The van der Waals surface area contributed by atoms with Crippen LogP contribution in [0.3, 0.4) is 0 Å². The Hall–Kier alpha value is -0.900. The number of nitrogens with one attached hydrogen (secondary N) is 1. The van der Waals surface area contributed by atoms with Gasteiger partial charge in [0.2, 0.25) is 0 Å². The summed E-state index contributed by atoms with van der Waals surface area (Å²) in [6, 6.07) is 9.52. The first-order valence-electron chi connectivity index (χ1n) is 8.20. The second-order valence-electron chi connectivity index (χ2n) is 6.63. The maximum absolute atomic E-state index is 5.17. The molecule has 1 N–H and O–H groups in total. The van der Waals surface area contributed by atoms with Crippen LogP contribution in [-0.4, -0.2) is 37.7 Å². The molecular formula is C18H30N2O. The van der Waals surface area contributed by atoms with Crippen molar-refractivity contribution in [2.75, 3.05) is 26.7 Å². The smallest absolute Gasteiger partial charge is 0.0713 e. The predicted octanol–water partition coefficient (Wildman–Crippen LogP) is 3.04. The van der Waals surface area contributed by atoms with Crippen LogP contribution in [0.4, 0.5) is 0 Å². The van der Waals surface area contributed by atoms with Gasteiger partial charge in [0.25, 0.3) is 0 Å². The highest BCUT2D eigenvalue weighted by Gasteiger charge is 2.18. The number of hydrogen-bond acceptors (Lipinski definition) is 3. The molecule has 0 aliphatic carbocycles. The number of nitrogens with zero attached hydrogens (tertiary/aromatic N) is 1. The minimum Gasteiger partial charge on any atom is -0.380 e. The highest BCUT2D eigenvalue weighted by molar-refractivity contribution is 5.22. The average Bonchev–Trinajstić information content (AvgIpc) is 2.93. The van der Waals surface area contributed by atoms with Gasteiger partial charge in [0, 0.05) is 32.8 Å². The number of benzene rings is 1. The summed E-state index contributed by atoms with van der Waals surface area (Å²) in [4.78, 5) is 2.60. The third-order valence-electron chi connectivity index (χ3n) is 4.00. The first kappa shape index (κ1) is 16.5. The quantitative estimate of drug-likeness (QED) is 0.796. The SMILES string of the molecule is COCc1ccc(CN(CC(C)C)CC2CCCN2)cc1. The number of rotatable bonds is 8. The van der Waals surface area contributed by atoms with E-state index in [1.165, 1.54) is 30.5 Å². The minimum atomic E-state index is 0.677. The number of ether oxygens (including phenoxy) is 1. The minimum absolute atomic E-state index is 0.677. The molecule has 1 aliphatic rings. The molecule has 0 spiro atoms. The van der Waals surface area contributed by atoms with Gasteiger partial charge in [-0.1, -0.05) is 38.1 Å². The van der Waals surface area contributed by atoms with Gasteiger partial charge in [-0.25, -0.2) is 0 Å². The molecule has 1 heterocycles. The lowest BCUT2D eigenvalue weighted by atomic mass is 10.1. The van der Waals surface area contributed by atoms with E-state index >= 15 is 0 Å². The summed E-state index contributed by atoms with van der Waals surface area (Å²) in [7, 11) is 1.74. The largest absolute Gasteiger partial charge is 0.380 e. The topological polar surface area (TPSA) is 24.5 Å². The zero-order valence-corrected chi connectivity index (χ0v) is 13.8. The van der Waals surface area contributed by atoms with E-state index in [4.69, 9.17) is 4.74 Å². The molecule has 3 heteroatoms. The van der Waals surface area contributed by atoms with Crippen molar-refractivity contribution in [2.24, 2.45) is 5.92 Å². The molecule has 118 valence electrons. The van der Waals surface area contributed by atoms with Gasteiger partial charge < -0.3 is 10.1 Å². The van der Waals surface area contributed by atoms with Crippen LogP contribution in [0.1, 0.15) is 37.8 Å². The Labute approximate surface area is 129 Å². The molecular weight excluding hydrogens is 260 g/mol. The van der Waals surface area contributed by atoms with Crippen molar-refractivity contribution in [3.8, 4) is 0 Å². The second-order valence-corrected chi connectivity index (χ2v) is 6.63. The molecule has 1 unspecified atom stereocenters. The average molecular weight is 290 g/mol. The lowest BCUT2D eigenvalue weighted by Gasteiger charge is -2.27. The van der Waals surface area contributed by atoms with Gasteiger partial charge in [-0.2, -0.15) is 0 Å². The molecule has 0 radical (unpaired) electrons. The van der Waals surface area contributed by atoms with Crippen molar-refractivity contribution in [1.29, 1.82) is 0 Å². The summed E-state index contributed by atoms with van der Waals surface area (Å²) >= 11 is 0. The third kappa shape index (κ3) is 5.77. The van der Waals surface area contributed by atoms with Crippen molar-refractivity contribution in [2.45, 2.75) is 45.9 Å². The fraction of sp³-hybridized carbons (Fsp3) is 0.667. The standard InChI is InChI=1S/C18H30N2O/c1-15(2)11-20(13-18-5-4-10-19-18)12-16-6-8-17(9-7-16)14-21-3/h6-9,15,18-19H,4-5,10-14H2,1-3H3. The van der Waals surface area contributed by atoms with Crippen molar-refractivity contribution >= 4 is 0 Å². The Morgan fingerprint density at radius 3 is 2.52 bits per heavy atom. The summed E-state index contributed by atoms with van der Waals surface area (Å²) in [5, 5.41) is 3.61. The van der Waals surface area contributed by atoms with Crippen LogP contribution in [-0.2, 0) is 17.9 Å². The molecule has 2 rings (SSSR count). The monoisotopic (exact) mass is 290 g/mol. The van der Waals surface area contributed by atoms with Crippen molar-refractivity contribution < 1.29 is 4.74 Å². The molecule has 1 aliphatic heterocycles. The van der Waals surface area contributed by atoms with Crippen LogP contribution in [0.25, 0.3) is 0 Å². The first-order chi connectivity index (χ1) is 10.2. The summed E-state index contributed by atoms with van der Waals surface area (Å²) < 4.78 is 5.17. The normalized spacial score (nSPS) is 18.8.